The third kappa shape index (κ3) is 4.72. The molecular formula is C18H25N3O. The van der Waals surface area contributed by atoms with Crippen LogP contribution in [0, 0.1) is 6.92 Å². The van der Waals surface area contributed by atoms with E-state index in [4.69, 9.17) is 0 Å². The van der Waals surface area contributed by atoms with Crippen LogP contribution in [0.3, 0.4) is 0 Å². The Morgan fingerprint density at radius 2 is 2.00 bits per heavy atom. The summed E-state index contributed by atoms with van der Waals surface area (Å²) < 4.78 is 2.23. The van der Waals surface area contributed by atoms with E-state index in [-0.39, 0.29) is 5.91 Å². The molecule has 2 rings (SSSR count). The molecule has 22 heavy (non-hydrogen) atoms. The van der Waals surface area contributed by atoms with Crippen LogP contribution in [-0.2, 0) is 24.2 Å². The van der Waals surface area contributed by atoms with Gasteiger partial charge in [-0.15, -0.1) is 0 Å². The van der Waals surface area contributed by atoms with E-state index in [0.29, 0.717) is 13.0 Å². The Morgan fingerprint density at radius 3 is 2.73 bits per heavy atom. The third-order valence-electron chi connectivity index (χ3n) is 3.74. The minimum Gasteiger partial charge on any atom is -0.356 e. The first kappa shape index (κ1) is 16.3. The lowest BCUT2D eigenvalue weighted by Gasteiger charge is -2.09. The highest BCUT2D eigenvalue weighted by molar-refractivity contribution is 5.76. The standard InChI is InChI=1S/C18H25N3O/c1-3-13-21-15(2)14-20-17(21)11-12-19-18(22)10-9-16-7-5-4-6-8-16/h4-8,14H,3,9-13H2,1-2H3,(H,19,22). The molecule has 0 radical (unpaired) electrons. The van der Waals surface area contributed by atoms with Crippen LogP contribution in [0.4, 0.5) is 0 Å². The minimum absolute atomic E-state index is 0.106. The number of rotatable bonds is 8. The lowest BCUT2D eigenvalue weighted by molar-refractivity contribution is -0.121. The summed E-state index contributed by atoms with van der Waals surface area (Å²) in [5, 5.41) is 2.99. The van der Waals surface area contributed by atoms with Crippen LogP contribution >= 0.6 is 0 Å². The fourth-order valence-corrected chi connectivity index (χ4v) is 2.54. The smallest absolute Gasteiger partial charge is 0.220 e. The molecular weight excluding hydrogens is 274 g/mol. The van der Waals surface area contributed by atoms with Crippen molar-refractivity contribution in [2.24, 2.45) is 0 Å². The summed E-state index contributed by atoms with van der Waals surface area (Å²) in [6, 6.07) is 10.1. The summed E-state index contributed by atoms with van der Waals surface area (Å²) in [4.78, 5) is 16.3. The molecule has 0 unspecified atom stereocenters. The number of nitrogens with zero attached hydrogens (tertiary/aromatic N) is 2. The van der Waals surface area contributed by atoms with Gasteiger partial charge in [-0.05, 0) is 25.3 Å². The summed E-state index contributed by atoms with van der Waals surface area (Å²) in [7, 11) is 0. The lowest BCUT2D eigenvalue weighted by Crippen LogP contribution is -2.26. The van der Waals surface area contributed by atoms with Crippen LogP contribution in [0.15, 0.2) is 36.5 Å². The van der Waals surface area contributed by atoms with Gasteiger partial charge >= 0.3 is 0 Å². The second kappa shape index (κ2) is 8.37. The van der Waals surface area contributed by atoms with Gasteiger partial charge in [0.05, 0.1) is 0 Å². The van der Waals surface area contributed by atoms with Crippen molar-refractivity contribution in [2.45, 2.75) is 46.1 Å². The Balaban J connectivity index is 1.73. The van der Waals surface area contributed by atoms with Crippen molar-refractivity contribution < 1.29 is 4.79 Å². The zero-order valence-corrected chi connectivity index (χ0v) is 13.5. The SMILES string of the molecule is CCCn1c(C)cnc1CCNC(=O)CCc1ccccc1. The zero-order valence-electron chi connectivity index (χ0n) is 13.5. The molecule has 1 aromatic heterocycles. The van der Waals surface area contributed by atoms with Crippen LogP contribution in [0.5, 0.6) is 0 Å². The van der Waals surface area contributed by atoms with E-state index < -0.39 is 0 Å². The highest BCUT2D eigenvalue weighted by Gasteiger charge is 2.07. The molecule has 0 spiro atoms. The number of carbonyl (C=O) groups excluding carboxylic acids is 1. The zero-order chi connectivity index (χ0) is 15.8. The molecule has 0 bridgehead atoms. The number of aromatic nitrogens is 2. The van der Waals surface area contributed by atoms with Crippen molar-refractivity contribution in [3.63, 3.8) is 0 Å². The first-order valence-corrected chi connectivity index (χ1v) is 8.02. The van der Waals surface area contributed by atoms with Gasteiger partial charge in [-0.25, -0.2) is 4.98 Å². The number of imidazole rings is 1. The van der Waals surface area contributed by atoms with Gasteiger partial charge in [-0.3, -0.25) is 4.79 Å². The summed E-state index contributed by atoms with van der Waals surface area (Å²) in [6.07, 6.45) is 5.10. The highest BCUT2D eigenvalue weighted by atomic mass is 16.1. The fourth-order valence-electron chi connectivity index (χ4n) is 2.54. The van der Waals surface area contributed by atoms with Gasteiger partial charge in [0.25, 0.3) is 0 Å². The molecule has 0 saturated heterocycles. The molecule has 1 heterocycles. The largest absolute Gasteiger partial charge is 0.356 e. The van der Waals surface area contributed by atoms with Gasteiger partial charge in [0.15, 0.2) is 0 Å². The fraction of sp³-hybridized carbons (Fsp3) is 0.444. The molecule has 4 nitrogen and oxygen atoms in total. The van der Waals surface area contributed by atoms with Crippen LogP contribution < -0.4 is 5.32 Å². The van der Waals surface area contributed by atoms with E-state index >= 15 is 0 Å². The molecule has 0 saturated carbocycles. The third-order valence-corrected chi connectivity index (χ3v) is 3.74. The minimum atomic E-state index is 0.106. The van der Waals surface area contributed by atoms with Crippen molar-refractivity contribution in [1.82, 2.24) is 14.9 Å². The molecule has 4 heteroatoms. The molecule has 1 N–H and O–H groups in total. The van der Waals surface area contributed by atoms with Crippen LogP contribution in [0.25, 0.3) is 0 Å². The maximum Gasteiger partial charge on any atom is 0.220 e. The number of nitrogens with one attached hydrogen (secondary N) is 1. The molecule has 0 atom stereocenters. The average Bonchev–Trinajstić information content (AvgIpc) is 2.88. The lowest BCUT2D eigenvalue weighted by atomic mass is 10.1. The summed E-state index contributed by atoms with van der Waals surface area (Å²) in [6.45, 7) is 5.87. The predicted octanol–water partition coefficient (Wildman–Crippen LogP) is 2.89. The predicted molar refractivity (Wildman–Crippen MR) is 88.7 cm³/mol. The average molecular weight is 299 g/mol. The normalized spacial score (nSPS) is 10.6. The molecule has 1 aromatic carbocycles. The Labute approximate surface area is 132 Å². The molecule has 0 aliphatic carbocycles. The molecule has 0 fully saturated rings. The molecule has 118 valence electrons. The maximum absolute atomic E-state index is 11.9. The van der Waals surface area contributed by atoms with E-state index in [1.807, 2.05) is 24.4 Å². The van der Waals surface area contributed by atoms with Crippen molar-refractivity contribution in [1.29, 1.82) is 0 Å². The van der Waals surface area contributed by atoms with Crippen LogP contribution in [-0.4, -0.2) is 22.0 Å². The second-order valence-electron chi connectivity index (χ2n) is 5.55. The van der Waals surface area contributed by atoms with E-state index in [1.165, 1.54) is 11.3 Å². The topological polar surface area (TPSA) is 46.9 Å². The molecule has 1 amide bonds. The summed E-state index contributed by atoms with van der Waals surface area (Å²) in [5.74, 6) is 1.16. The Bertz CT molecular complexity index is 590. The van der Waals surface area contributed by atoms with Gasteiger partial charge in [0, 0.05) is 37.8 Å². The molecule has 2 aromatic rings. The number of amides is 1. The summed E-state index contributed by atoms with van der Waals surface area (Å²) >= 11 is 0. The van der Waals surface area contributed by atoms with Crippen molar-refractivity contribution >= 4 is 5.91 Å². The van der Waals surface area contributed by atoms with E-state index in [2.05, 4.69) is 40.8 Å². The Morgan fingerprint density at radius 1 is 1.23 bits per heavy atom. The monoisotopic (exact) mass is 299 g/mol. The molecule has 0 aliphatic rings. The number of hydrogen-bond donors (Lipinski definition) is 1. The first-order valence-electron chi connectivity index (χ1n) is 8.02. The number of benzene rings is 1. The summed E-state index contributed by atoms with van der Waals surface area (Å²) in [5.41, 5.74) is 2.39. The van der Waals surface area contributed by atoms with Crippen LogP contribution in [0.2, 0.25) is 0 Å². The van der Waals surface area contributed by atoms with Crippen LogP contribution in [0.1, 0.15) is 36.8 Å². The van der Waals surface area contributed by atoms with Gasteiger partial charge in [0.2, 0.25) is 5.91 Å². The Hall–Kier alpha value is -2.10. The maximum atomic E-state index is 11.9. The van der Waals surface area contributed by atoms with E-state index in [0.717, 1.165) is 31.6 Å². The van der Waals surface area contributed by atoms with E-state index in [9.17, 15) is 4.79 Å². The van der Waals surface area contributed by atoms with Crippen molar-refractivity contribution in [3.05, 3.63) is 53.6 Å². The van der Waals surface area contributed by atoms with Gasteiger partial charge < -0.3 is 9.88 Å². The number of aryl methyl sites for hydroxylation is 2. The first-order chi connectivity index (χ1) is 10.7. The van der Waals surface area contributed by atoms with Crippen molar-refractivity contribution in [3.8, 4) is 0 Å². The van der Waals surface area contributed by atoms with E-state index in [1.54, 1.807) is 0 Å². The second-order valence-corrected chi connectivity index (χ2v) is 5.55. The van der Waals surface area contributed by atoms with Gasteiger partial charge in [0.1, 0.15) is 5.82 Å². The number of hydrogen-bond acceptors (Lipinski definition) is 2. The van der Waals surface area contributed by atoms with Crippen molar-refractivity contribution in [2.75, 3.05) is 6.54 Å². The van der Waals surface area contributed by atoms with Gasteiger partial charge in [-0.2, -0.15) is 0 Å². The quantitative estimate of drug-likeness (QED) is 0.814. The Kier molecular flexibility index (Phi) is 6.19. The highest BCUT2D eigenvalue weighted by Crippen LogP contribution is 2.06. The molecule has 0 aliphatic heterocycles. The number of carbonyl (C=O) groups is 1. The van der Waals surface area contributed by atoms with Gasteiger partial charge in [-0.1, -0.05) is 37.3 Å².